The first-order chi connectivity index (χ1) is 32.1. The Morgan fingerprint density at radius 3 is 2.42 bits per heavy atom. The number of nitrogen functional groups attached to an aromatic ring is 1. The van der Waals surface area contributed by atoms with Crippen LogP contribution in [0.25, 0.3) is 16.2 Å². The maximum atomic E-state index is 14.7. The van der Waals surface area contributed by atoms with Crippen molar-refractivity contribution in [2.75, 3.05) is 62.4 Å². The van der Waals surface area contributed by atoms with Gasteiger partial charge in [0.2, 0.25) is 11.8 Å². The van der Waals surface area contributed by atoms with Crippen LogP contribution in [0.4, 0.5) is 15.9 Å². The number of amides is 3. The molecule has 0 radical (unpaired) electrons. The molecule has 3 fully saturated rings. The van der Waals surface area contributed by atoms with Crippen LogP contribution in [-0.4, -0.2) is 124 Å². The molecule has 1 aromatic heterocycles. The SMILES string of the molecule is CC1=C(c2ccc(CNC(=O)[C@@H]3C[C@@H](O)CN3C(=O)[C@@H](NC(=O)C3(F)CC3)C(C)(C)C)c(OCCOc3ccc(CN4CCN(c5cc(-c6ccccc6O)nnc5N)CC4)cc3)c2)SCN1. The molecule has 4 aliphatic rings. The highest BCUT2D eigenvalue weighted by atomic mass is 32.2. The zero-order chi connectivity index (χ0) is 47.5. The van der Waals surface area contributed by atoms with E-state index in [1.807, 2.05) is 49.4 Å². The Labute approximate surface area is 394 Å². The van der Waals surface area contributed by atoms with Crippen LogP contribution in [0.2, 0.25) is 0 Å². The molecule has 2 saturated heterocycles. The molecular formula is C49H60FN9O7S. The second-order valence-electron chi connectivity index (χ2n) is 18.7. The van der Waals surface area contributed by atoms with Crippen molar-refractivity contribution in [2.45, 2.75) is 83.9 Å². The molecule has 3 amide bonds. The Hall–Kier alpha value is -6.11. The number of anilines is 2. The van der Waals surface area contributed by atoms with Crippen LogP contribution in [-0.2, 0) is 27.5 Å². The van der Waals surface area contributed by atoms with Crippen LogP contribution in [0, 0.1) is 5.41 Å². The molecule has 1 saturated carbocycles. The number of carbonyl (C=O) groups is 3. The van der Waals surface area contributed by atoms with Gasteiger partial charge in [-0.2, -0.15) is 0 Å². The number of β-amino-alcohol motifs (C(OH)–C–C–N with tert-alkyl or cyclic N) is 1. The summed E-state index contributed by atoms with van der Waals surface area (Å²) >= 11 is 1.69. The molecule has 4 heterocycles. The van der Waals surface area contributed by atoms with E-state index in [-0.39, 0.29) is 51.3 Å². The normalized spacial score (nSPS) is 19.7. The zero-order valence-corrected chi connectivity index (χ0v) is 39.2. The minimum absolute atomic E-state index is 0.0239. The lowest BCUT2D eigenvalue weighted by Gasteiger charge is -2.36. The minimum Gasteiger partial charge on any atom is -0.507 e. The van der Waals surface area contributed by atoms with E-state index in [0.29, 0.717) is 34.1 Å². The highest BCUT2D eigenvalue weighted by Crippen LogP contribution is 2.41. The third-order valence-corrected chi connectivity index (χ3v) is 13.8. The maximum absolute atomic E-state index is 14.7. The van der Waals surface area contributed by atoms with Crippen molar-refractivity contribution in [1.29, 1.82) is 0 Å². The summed E-state index contributed by atoms with van der Waals surface area (Å²) in [5.41, 5.74) is 9.37. The maximum Gasteiger partial charge on any atom is 0.258 e. The van der Waals surface area contributed by atoms with E-state index in [0.717, 1.165) is 66.0 Å². The van der Waals surface area contributed by atoms with Gasteiger partial charge in [0.1, 0.15) is 42.5 Å². The number of nitrogens with zero attached hydrogens (tertiary/aromatic N) is 5. The van der Waals surface area contributed by atoms with Crippen LogP contribution in [0.15, 0.2) is 78.5 Å². The van der Waals surface area contributed by atoms with Gasteiger partial charge in [-0.15, -0.1) is 22.0 Å². The Morgan fingerprint density at radius 2 is 1.73 bits per heavy atom. The topological polar surface area (TPSA) is 208 Å². The molecule has 0 unspecified atom stereocenters. The van der Waals surface area contributed by atoms with Gasteiger partial charge >= 0.3 is 0 Å². The molecule has 18 heteroatoms. The van der Waals surface area contributed by atoms with Gasteiger partial charge in [-0.1, -0.05) is 57.2 Å². The molecule has 356 valence electrons. The number of likely N-dealkylation sites (tertiary alicyclic amines) is 1. The van der Waals surface area contributed by atoms with Crippen LogP contribution in [0.3, 0.4) is 0 Å². The smallest absolute Gasteiger partial charge is 0.258 e. The van der Waals surface area contributed by atoms with E-state index >= 15 is 0 Å². The number of piperazine rings is 1. The fourth-order valence-corrected chi connectivity index (χ4v) is 9.59. The average molecular weight is 938 g/mol. The lowest BCUT2D eigenvalue weighted by molar-refractivity contribution is -0.145. The number of benzene rings is 3. The van der Waals surface area contributed by atoms with Crippen molar-refractivity contribution in [3.8, 4) is 28.5 Å². The lowest BCUT2D eigenvalue weighted by atomic mass is 9.85. The number of carbonyl (C=O) groups excluding carboxylic acids is 3. The zero-order valence-electron chi connectivity index (χ0n) is 38.4. The van der Waals surface area contributed by atoms with Crippen LogP contribution < -0.4 is 36.1 Å². The van der Waals surface area contributed by atoms with E-state index in [9.17, 15) is 29.0 Å². The first kappa shape index (κ1) is 47.4. The number of aliphatic hydroxyl groups excluding tert-OH is 1. The highest BCUT2D eigenvalue weighted by molar-refractivity contribution is 8.08. The summed E-state index contributed by atoms with van der Waals surface area (Å²) in [5.74, 6) is 0.700. The molecule has 8 rings (SSSR count). The third-order valence-electron chi connectivity index (χ3n) is 12.7. The van der Waals surface area contributed by atoms with Crippen LogP contribution >= 0.6 is 11.8 Å². The first-order valence-corrected chi connectivity index (χ1v) is 23.8. The summed E-state index contributed by atoms with van der Waals surface area (Å²) in [6, 6.07) is 20.7. The number of thioether (sulfide) groups is 1. The first-order valence-electron chi connectivity index (χ1n) is 22.8. The second-order valence-corrected chi connectivity index (χ2v) is 19.7. The van der Waals surface area contributed by atoms with Gasteiger partial charge in [0.05, 0.1) is 23.4 Å². The molecule has 4 aromatic rings. The largest absolute Gasteiger partial charge is 0.507 e. The van der Waals surface area contributed by atoms with Gasteiger partial charge in [0, 0.05) is 74.0 Å². The van der Waals surface area contributed by atoms with Crippen LogP contribution in [0.1, 0.15) is 63.6 Å². The molecule has 3 aromatic carbocycles. The standard InChI is InChI=1S/C49H60FN9O7S/c1-30-42(67-29-53-30)32-11-12-33(26-52-45(62)39-24-34(60)28-59(39)46(63)43(48(2,3)4)54-47(64)49(50)15-16-49)41(23-32)66-22-21-65-35-13-9-31(10-14-35)27-57-17-19-58(20-18-57)38-25-37(55-56-44(38)51)36-7-5-6-8-40(36)61/h5-14,23,25,34,39,43,53,60-61H,15-22,24,26-29H2,1-4H3,(H2,51,56)(H,52,62)(H,54,64)/t34-,39+,43-/m1/s1. The number of aromatic hydroxyl groups is 1. The van der Waals surface area contributed by atoms with Gasteiger partial charge in [-0.05, 0) is 72.7 Å². The number of aliphatic hydroxyl groups is 1. The Balaban J connectivity index is 0.847. The number of aromatic nitrogens is 2. The predicted octanol–water partition coefficient (Wildman–Crippen LogP) is 4.80. The van der Waals surface area contributed by atoms with Gasteiger partial charge in [0.15, 0.2) is 11.5 Å². The van der Waals surface area contributed by atoms with Crippen molar-refractivity contribution < 1.29 is 38.5 Å². The number of phenolic OH excluding ortho intramolecular Hbond substituents is 1. The number of nitrogens with two attached hydrogens (primary N) is 1. The Bertz CT molecular complexity index is 2490. The van der Waals surface area contributed by atoms with E-state index in [4.69, 9.17) is 15.2 Å². The number of phenols is 1. The Morgan fingerprint density at radius 1 is 1.00 bits per heavy atom. The van der Waals surface area contributed by atoms with E-state index in [2.05, 4.69) is 48.1 Å². The summed E-state index contributed by atoms with van der Waals surface area (Å²) in [5, 5.41) is 38.3. The van der Waals surface area contributed by atoms with Crippen molar-refractivity contribution >= 4 is 45.9 Å². The Kier molecular flexibility index (Phi) is 14.1. The van der Waals surface area contributed by atoms with Gasteiger partial charge < -0.3 is 51.2 Å². The predicted molar refractivity (Wildman–Crippen MR) is 256 cm³/mol. The van der Waals surface area contributed by atoms with E-state index in [1.54, 1.807) is 50.7 Å². The molecule has 0 bridgehead atoms. The number of nitrogens with one attached hydrogen (secondary N) is 3. The summed E-state index contributed by atoms with van der Waals surface area (Å²) in [6.45, 7) is 11.8. The molecule has 1 aliphatic carbocycles. The van der Waals surface area contributed by atoms with Crippen molar-refractivity contribution in [3.63, 3.8) is 0 Å². The average Bonchev–Trinajstić information content (AvgIpc) is 3.72. The number of hydrogen-bond donors (Lipinski definition) is 6. The number of para-hydroxylation sites is 1. The summed E-state index contributed by atoms with van der Waals surface area (Å²) in [7, 11) is 0. The van der Waals surface area contributed by atoms with Gasteiger partial charge in [-0.3, -0.25) is 19.3 Å². The van der Waals surface area contributed by atoms with Gasteiger partial charge in [-0.25, -0.2) is 4.39 Å². The molecule has 7 N–H and O–H groups in total. The van der Waals surface area contributed by atoms with E-state index in [1.165, 1.54) is 4.90 Å². The molecular weight excluding hydrogens is 878 g/mol. The third kappa shape index (κ3) is 11.2. The summed E-state index contributed by atoms with van der Waals surface area (Å²) < 4.78 is 27.1. The van der Waals surface area contributed by atoms with Gasteiger partial charge in [0.25, 0.3) is 5.91 Å². The summed E-state index contributed by atoms with van der Waals surface area (Å²) in [4.78, 5) is 47.4. The molecule has 0 spiro atoms. The molecule has 67 heavy (non-hydrogen) atoms. The number of rotatable bonds is 16. The highest BCUT2D eigenvalue weighted by Gasteiger charge is 2.53. The fourth-order valence-electron chi connectivity index (χ4n) is 8.57. The number of halogens is 1. The van der Waals surface area contributed by atoms with Crippen molar-refractivity contribution in [2.24, 2.45) is 5.41 Å². The number of alkyl halides is 1. The quantitative estimate of drug-likeness (QED) is 0.0835. The molecule has 3 aliphatic heterocycles. The van der Waals surface area contributed by atoms with Crippen LogP contribution in [0.5, 0.6) is 17.2 Å². The monoisotopic (exact) mass is 937 g/mol. The lowest BCUT2D eigenvalue weighted by Crippen LogP contribution is -2.59. The number of allylic oxidation sites excluding steroid dienone is 1. The molecule has 3 atom stereocenters. The van der Waals surface area contributed by atoms with Crippen molar-refractivity contribution in [3.05, 3.63) is 95.2 Å². The number of hydrogen-bond acceptors (Lipinski definition) is 14. The summed E-state index contributed by atoms with van der Waals surface area (Å²) in [6.07, 6.45) is -0.705. The second kappa shape index (κ2) is 20.0. The van der Waals surface area contributed by atoms with Crippen molar-refractivity contribution in [1.82, 2.24) is 35.9 Å². The minimum atomic E-state index is -1.97. The fraction of sp³-hybridized carbons (Fsp3) is 0.449. The number of ether oxygens (including phenoxy) is 2. The van der Waals surface area contributed by atoms with E-state index < -0.39 is 47.0 Å². The molecule has 16 nitrogen and oxygen atoms in total.